The van der Waals surface area contributed by atoms with Crippen LogP contribution in [0.5, 0.6) is 11.5 Å². The molecule has 1 saturated carbocycles. The largest absolute Gasteiger partial charge is 0.493 e. The third-order valence-corrected chi connectivity index (χ3v) is 5.81. The van der Waals surface area contributed by atoms with Gasteiger partial charge in [0.1, 0.15) is 12.1 Å². The Morgan fingerprint density at radius 2 is 2.00 bits per heavy atom. The van der Waals surface area contributed by atoms with Crippen molar-refractivity contribution in [1.29, 1.82) is 0 Å². The molecule has 1 N–H and O–H groups in total. The highest BCUT2D eigenvalue weighted by Crippen LogP contribution is 2.38. The number of imide groups is 1. The summed E-state index contributed by atoms with van der Waals surface area (Å²) in [5.41, 5.74) is -0.301. The molecule has 31 heavy (non-hydrogen) atoms. The highest BCUT2D eigenvalue weighted by molar-refractivity contribution is 6.09. The Morgan fingerprint density at radius 3 is 2.68 bits per heavy atom. The standard InChI is InChI=1S/C22H26N2O7/c1-14-6-4-5-11-22(14)20(27)24(21(28)23-22)13-19(26)31-16-9-7-15(12-17(16)29-2)8-10-18(25)30-3/h7-10,12,14H,4-6,11,13H2,1-3H3,(H,23,28)/b10-8+. The summed E-state index contributed by atoms with van der Waals surface area (Å²) in [6, 6.07) is 4.13. The third kappa shape index (κ3) is 4.55. The van der Waals surface area contributed by atoms with Gasteiger partial charge in [-0.2, -0.15) is 0 Å². The first-order chi connectivity index (χ1) is 14.8. The van der Waals surface area contributed by atoms with E-state index < -0.39 is 30.1 Å². The third-order valence-electron chi connectivity index (χ3n) is 5.81. The van der Waals surface area contributed by atoms with Gasteiger partial charge in [0.25, 0.3) is 5.91 Å². The summed E-state index contributed by atoms with van der Waals surface area (Å²) < 4.78 is 15.1. The molecule has 2 aliphatic rings. The Kier molecular flexibility index (Phi) is 6.62. The monoisotopic (exact) mass is 430 g/mol. The molecule has 2 unspecified atom stereocenters. The number of esters is 2. The molecular formula is C22H26N2O7. The molecule has 0 aromatic heterocycles. The van der Waals surface area contributed by atoms with Crippen LogP contribution in [0.2, 0.25) is 0 Å². The van der Waals surface area contributed by atoms with E-state index in [1.807, 2.05) is 6.92 Å². The molecule has 9 nitrogen and oxygen atoms in total. The van der Waals surface area contributed by atoms with Gasteiger partial charge >= 0.3 is 18.0 Å². The van der Waals surface area contributed by atoms with E-state index in [2.05, 4.69) is 10.1 Å². The maximum absolute atomic E-state index is 13.0. The Hall–Kier alpha value is -3.36. The molecule has 9 heteroatoms. The predicted octanol–water partition coefficient (Wildman–Crippen LogP) is 2.29. The smallest absolute Gasteiger partial charge is 0.331 e. The summed E-state index contributed by atoms with van der Waals surface area (Å²) in [5.74, 6) is -1.25. The lowest BCUT2D eigenvalue weighted by Gasteiger charge is -2.36. The number of hydrogen-bond acceptors (Lipinski definition) is 7. The van der Waals surface area contributed by atoms with E-state index in [-0.39, 0.29) is 23.3 Å². The fourth-order valence-corrected chi connectivity index (χ4v) is 4.03. The van der Waals surface area contributed by atoms with E-state index >= 15 is 0 Å². The highest BCUT2D eigenvalue weighted by Gasteiger charge is 2.55. The average molecular weight is 430 g/mol. The zero-order valence-corrected chi connectivity index (χ0v) is 17.8. The summed E-state index contributed by atoms with van der Waals surface area (Å²) in [4.78, 5) is 50.0. The fourth-order valence-electron chi connectivity index (χ4n) is 4.03. The highest BCUT2D eigenvalue weighted by atomic mass is 16.6. The molecule has 2 fully saturated rings. The summed E-state index contributed by atoms with van der Waals surface area (Å²) in [6.07, 6.45) is 6.05. The first-order valence-electron chi connectivity index (χ1n) is 10.1. The lowest BCUT2D eigenvalue weighted by Crippen LogP contribution is -2.54. The lowest BCUT2D eigenvalue weighted by atomic mass is 9.73. The Bertz CT molecular complexity index is 926. The molecule has 3 rings (SSSR count). The molecule has 166 valence electrons. The Balaban J connectivity index is 1.69. The second kappa shape index (κ2) is 9.20. The van der Waals surface area contributed by atoms with Crippen molar-refractivity contribution in [2.45, 2.75) is 38.1 Å². The van der Waals surface area contributed by atoms with E-state index in [1.54, 1.807) is 12.1 Å². The second-order valence-electron chi connectivity index (χ2n) is 7.68. The van der Waals surface area contributed by atoms with Crippen LogP contribution in [0.25, 0.3) is 6.08 Å². The van der Waals surface area contributed by atoms with Gasteiger partial charge in [-0.25, -0.2) is 14.4 Å². The molecule has 1 aliphatic heterocycles. The summed E-state index contributed by atoms with van der Waals surface area (Å²) in [6.45, 7) is 1.45. The van der Waals surface area contributed by atoms with Gasteiger partial charge in [0.05, 0.1) is 14.2 Å². The predicted molar refractivity (Wildman–Crippen MR) is 110 cm³/mol. The molecule has 1 spiro atoms. The number of nitrogens with one attached hydrogen (secondary N) is 1. The van der Waals surface area contributed by atoms with Crippen LogP contribution in [0.4, 0.5) is 4.79 Å². The maximum atomic E-state index is 13.0. The minimum absolute atomic E-state index is 0.00408. The number of carbonyl (C=O) groups is 4. The van der Waals surface area contributed by atoms with E-state index in [1.165, 1.54) is 32.4 Å². The van der Waals surface area contributed by atoms with Crippen LogP contribution >= 0.6 is 0 Å². The van der Waals surface area contributed by atoms with Crippen molar-refractivity contribution in [3.05, 3.63) is 29.8 Å². The van der Waals surface area contributed by atoms with Gasteiger partial charge in [-0.05, 0) is 42.5 Å². The average Bonchev–Trinajstić information content (AvgIpc) is 2.99. The van der Waals surface area contributed by atoms with Gasteiger partial charge < -0.3 is 19.5 Å². The molecule has 3 amide bonds. The molecule has 2 atom stereocenters. The minimum atomic E-state index is -0.930. The Labute approximate surface area is 180 Å². The van der Waals surface area contributed by atoms with Gasteiger partial charge in [0.2, 0.25) is 0 Å². The normalized spacial score (nSPS) is 23.2. The zero-order chi connectivity index (χ0) is 22.6. The SMILES string of the molecule is COC(=O)/C=C/c1ccc(OC(=O)CN2C(=O)NC3(CCCCC3C)C2=O)c(OC)c1. The van der Waals surface area contributed by atoms with Crippen LogP contribution in [0.1, 0.15) is 38.2 Å². The number of benzene rings is 1. The van der Waals surface area contributed by atoms with Gasteiger partial charge in [-0.1, -0.05) is 25.8 Å². The minimum Gasteiger partial charge on any atom is -0.493 e. The van der Waals surface area contributed by atoms with Crippen LogP contribution in [0.3, 0.4) is 0 Å². The molecule has 1 saturated heterocycles. The number of hydrogen-bond donors (Lipinski definition) is 1. The number of carbonyl (C=O) groups excluding carboxylic acids is 4. The Morgan fingerprint density at radius 1 is 1.23 bits per heavy atom. The van der Waals surface area contributed by atoms with Crippen LogP contribution < -0.4 is 14.8 Å². The summed E-state index contributed by atoms with van der Waals surface area (Å²) in [5, 5.41) is 2.81. The van der Waals surface area contributed by atoms with E-state index in [0.717, 1.165) is 24.2 Å². The van der Waals surface area contributed by atoms with Crippen LogP contribution in [-0.4, -0.2) is 55.1 Å². The molecule has 1 aliphatic carbocycles. The number of amides is 3. The van der Waals surface area contributed by atoms with Crippen molar-refractivity contribution in [2.24, 2.45) is 5.92 Å². The quantitative estimate of drug-likeness (QED) is 0.319. The van der Waals surface area contributed by atoms with Gasteiger partial charge in [-0.15, -0.1) is 0 Å². The zero-order valence-electron chi connectivity index (χ0n) is 17.8. The molecule has 1 heterocycles. The second-order valence-corrected chi connectivity index (χ2v) is 7.68. The summed E-state index contributed by atoms with van der Waals surface area (Å²) in [7, 11) is 2.68. The molecule has 0 radical (unpaired) electrons. The molecule has 1 aromatic rings. The van der Waals surface area contributed by atoms with Crippen molar-refractivity contribution < 1.29 is 33.4 Å². The van der Waals surface area contributed by atoms with Crippen LogP contribution in [0.15, 0.2) is 24.3 Å². The molecule has 0 bridgehead atoms. The number of urea groups is 1. The summed E-state index contributed by atoms with van der Waals surface area (Å²) >= 11 is 0. The number of nitrogens with zero attached hydrogens (tertiary/aromatic N) is 1. The van der Waals surface area contributed by atoms with Gasteiger partial charge in [-0.3, -0.25) is 9.69 Å². The van der Waals surface area contributed by atoms with E-state index in [4.69, 9.17) is 9.47 Å². The topological polar surface area (TPSA) is 111 Å². The number of ether oxygens (including phenoxy) is 3. The maximum Gasteiger partial charge on any atom is 0.331 e. The van der Waals surface area contributed by atoms with Gasteiger partial charge in [0, 0.05) is 6.08 Å². The van der Waals surface area contributed by atoms with Crippen LogP contribution in [-0.2, 0) is 19.1 Å². The van der Waals surface area contributed by atoms with Crippen molar-refractivity contribution in [1.82, 2.24) is 10.2 Å². The van der Waals surface area contributed by atoms with Crippen molar-refractivity contribution >= 4 is 30.0 Å². The van der Waals surface area contributed by atoms with Crippen molar-refractivity contribution in [2.75, 3.05) is 20.8 Å². The first kappa shape index (κ1) is 22.3. The van der Waals surface area contributed by atoms with Crippen molar-refractivity contribution in [3.63, 3.8) is 0 Å². The molecule has 1 aromatic carbocycles. The molecular weight excluding hydrogens is 404 g/mol. The van der Waals surface area contributed by atoms with E-state index in [0.29, 0.717) is 12.0 Å². The fraction of sp³-hybridized carbons (Fsp3) is 0.455. The van der Waals surface area contributed by atoms with Crippen LogP contribution in [0, 0.1) is 5.92 Å². The number of rotatable bonds is 6. The lowest BCUT2D eigenvalue weighted by molar-refractivity contribution is -0.142. The first-order valence-corrected chi connectivity index (χ1v) is 10.1. The number of methoxy groups -OCH3 is 2. The van der Waals surface area contributed by atoms with Crippen molar-refractivity contribution in [3.8, 4) is 11.5 Å². The van der Waals surface area contributed by atoms with Gasteiger partial charge in [0.15, 0.2) is 11.5 Å². The van der Waals surface area contributed by atoms with E-state index in [9.17, 15) is 19.2 Å².